The van der Waals surface area contributed by atoms with Crippen molar-refractivity contribution in [2.45, 2.75) is 44.8 Å². The molecule has 3 rings (SSSR count). The number of piperidine rings is 1. The highest BCUT2D eigenvalue weighted by Gasteiger charge is 2.26. The van der Waals surface area contributed by atoms with Gasteiger partial charge in [-0.15, -0.1) is 0 Å². The molecule has 136 valence electrons. The standard InChI is InChI=1S/C19H26N2O4/c1-2-24-16-8-4-10-21(13-16)19(23)14-6-3-7-15(12-14)20-18(22)17-9-5-11-25-17/h3,6-7,12,16-17H,2,4-5,8-11,13H2,1H3,(H,20,22). The Balaban J connectivity index is 1.63. The molecule has 0 saturated carbocycles. The van der Waals surface area contributed by atoms with Crippen LogP contribution in [0.2, 0.25) is 0 Å². The van der Waals surface area contributed by atoms with E-state index in [1.807, 2.05) is 11.8 Å². The first-order valence-electron chi connectivity index (χ1n) is 9.10. The number of hydrogen-bond acceptors (Lipinski definition) is 4. The minimum Gasteiger partial charge on any atom is -0.377 e. The van der Waals surface area contributed by atoms with Crippen molar-refractivity contribution in [3.8, 4) is 0 Å². The van der Waals surface area contributed by atoms with E-state index in [0.717, 1.165) is 32.2 Å². The molecule has 0 bridgehead atoms. The average molecular weight is 346 g/mol. The molecule has 0 spiro atoms. The maximum Gasteiger partial charge on any atom is 0.254 e. The normalized spacial score (nSPS) is 23.5. The monoisotopic (exact) mass is 346 g/mol. The zero-order valence-electron chi connectivity index (χ0n) is 14.7. The number of hydrogen-bond donors (Lipinski definition) is 1. The number of likely N-dealkylation sites (tertiary alicyclic amines) is 1. The summed E-state index contributed by atoms with van der Waals surface area (Å²) in [6.45, 7) is 4.64. The van der Waals surface area contributed by atoms with Crippen molar-refractivity contribution in [3.05, 3.63) is 29.8 Å². The summed E-state index contributed by atoms with van der Waals surface area (Å²) in [4.78, 5) is 26.8. The van der Waals surface area contributed by atoms with Crippen LogP contribution in [-0.4, -0.2) is 55.2 Å². The molecule has 2 aliphatic rings. The van der Waals surface area contributed by atoms with Crippen LogP contribution in [0.4, 0.5) is 5.69 Å². The number of rotatable bonds is 5. The van der Waals surface area contributed by atoms with Gasteiger partial charge < -0.3 is 19.7 Å². The second-order valence-electron chi connectivity index (χ2n) is 6.54. The molecule has 2 heterocycles. The zero-order chi connectivity index (χ0) is 17.6. The fraction of sp³-hybridized carbons (Fsp3) is 0.579. The van der Waals surface area contributed by atoms with Crippen molar-refractivity contribution in [1.29, 1.82) is 0 Å². The van der Waals surface area contributed by atoms with Crippen LogP contribution in [0, 0.1) is 0 Å². The van der Waals surface area contributed by atoms with E-state index in [2.05, 4.69) is 5.32 Å². The number of carbonyl (C=O) groups is 2. The van der Waals surface area contributed by atoms with Gasteiger partial charge in [-0.05, 0) is 50.8 Å². The van der Waals surface area contributed by atoms with Crippen molar-refractivity contribution < 1.29 is 19.1 Å². The second-order valence-corrected chi connectivity index (χ2v) is 6.54. The molecule has 1 N–H and O–H groups in total. The number of amides is 2. The molecule has 2 unspecified atom stereocenters. The lowest BCUT2D eigenvalue weighted by atomic mass is 10.1. The van der Waals surface area contributed by atoms with Crippen molar-refractivity contribution in [1.82, 2.24) is 4.90 Å². The van der Waals surface area contributed by atoms with Gasteiger partial charge in [0.25, 0.3) is 11.8 Å². The Morgan fingerprint density at radius 2 is 2.20 bits per heavy atom. The fourth-order valence-corrected chi connectivity index (χ4v) is 3.41. The lowest BCUT2D eigenvalue weighted by Gasteiger charge is -2.32. The highest BCUT2D eigenvalue weighted by atomic mass is 16.5. The molecule has 0 aliphatic carbocycles. The highest BCUT2D eigenvalue weighted by molar-refractivity contribution is 5.98. The van der Waals surface area contributed by atoms with Crippen LogP contribution in [-0.2, 0) is 14.3 Å². The number of ether oxygens (including phenoxy) is 2. The fourth-order valence-electron chi connectivity index (χ4n) is 3.41. The molecule has 2 atom stereocenters. The van der Waals surface area contributed by atoms with E-state index in [1.165, 1.54) is 0 Å². The van der Waals surface area contributed by atoms with Crippen LogP contribution in [0.1, 0.15) is 43.0 Å². The largest absolute Gasteiger partial charge is 0.377 e. The van der Waals surface area contributed by atoms with Crippen LogP contribution in [0.5, 0.6) is 0 Å². The lowest BCUT2D eigenvalue weighted by molar-refractivity contribution is -0.124. The number of anilines is 1. The van der Waals surface area contributed by atoms with Crippen LogP contribution in [0.3, 0.4) is 0 Å². The average Bonchev–Trinajstić information content (AvgIpc) is 3.17. The Hall–Kier alpha value is -1.92. The van der Waals surface area contributed by atoms with Gasteiger partial charge in [-0.25, -0.2) is 0 Å². The van der Waals surface area contributed by atoms with E-state index >= 15 is 0 Å². The first-order chi connectivity index (χ1) is 12.2. The predicted molar refractivity (Wildman–Crippen MR) is 94.6 cm³/mol. The predicted octanol–water partition coefficient (Wildman–Crippen LogP) is 2.45. The number of nitrogens with zero attached hydrogens (tertiary/aromatic N) is 1. The second kappa shape index (κ2) is 8.45. The summed E-state index contributed by atoms with van der Waals surface area (Å²) in [5.41, 5.74) is 1.21. The smallest absolute Gasteiger partial charge is 0.254 e. The first-order valence-corrected chi connectivity index (χ1v) is 9.10. The molecule has 1 aromatic rings. The van der Waals surface area contributed by atoms with E-state index < -0.39 is 0 Å². The molecular weight excluding hydrogens is 320 g/mol. The molecule has 25 heavy (non-hydrogen) atoms. The van der Waals surface area contributed by atoms with E-state index in [4.69, 9.17) is 9.47 Å². The third-order valence-corrected chi connectivity index (χ3v) is 4.67. The van der Waals surface area contributed by atoms with Crippen molar-refractivity contribution in [3.63, 3.8) is 0 Å². The van der Waals surface area contributed by atoms with Crippen molar-refractivity contribution >= 4 is 17.5 Å². The third kappa shape index (κ3) is 4.58. The maximum atomic E-state index is 12.8. The Morgan fingerprint density at radius 1 is 1.32 bits per heavy atom. The summed E-state index contributed by atoms with van der Waals surface area (Å²) in [6.07, 6.45) is 3.34. The van der Waals surface area contributed by atoms with Crippen molar-refractivity contribution in [2.75, 3.05) is 31.6 Å². The van der Waals surface area contributed by atoms with E-state index in [1.54, 1.807) is 24.3 Å². The molecule has 6 nitrogen and oxygen atoms in total. The van der Waals surface area contributed by atoms with Gasteiger partial charge in [-0.1, -0.05) is 6.07 Å². The Bertz CT molecular complexity index is 611. The van der Waals surface area contributed by atoms with Gasteiger partial charge in [-0.3, -0.25) is 9.59 Å². The van der Waals surface area contributed by atoms with Gasteiger partial charge in [0.1, 0.15) is 6.10 Å². The van der Waals surface area contributed by atoms with E-state index in [0.29, 0.717) is 31.0 Å². The molecule has 0 aromatic heterocycles. The molecule has 2 fully saturated rings. The summed E-state index contributed by atoms with van der Waals surface area (Å²) < 4.78 is 11.1. The van der Waals surface area contributed by atoms with Gasteiger partial charge >= 0.3 is 0 Å². The number of benzene rings is 1. The molecular formula is C19H26N2O4. The van der Waals surface area contributed by atoms with Gasteiger partial charge in [0.05, 0.1) is 6.10 Å². The Labute approximate surface area is 148 Å². The zero-order valence-corrected chi connectivity index (χ0v) is 14.7. The molecule has 1 aromatic carbocycles. The van der Waals surface area contributed by atoms with Crippen molar-refractivity contribution in [2.24, 2.45) is 0 Å². The van der Waals surface area contributed by atoms with Crippen LogP contribution in [0.25, 0.3) is 0 Å². The van der Waals surface area contributed by atoms with E-state index in [-0.39, 0.29) is 24.0 Å². The summed E-state index contributed by atoms with van der Waals surface area (Å²) in [6, 6.07) is 7.11. The van der Waals surface area contributed by atoms with Gasteiger partial charge in [0, 0.05) is 37.6 Å². The first kappa shape index (κ1) is 17.9. The molecule has 2 aliphatic heterocycles. The minimum atomic E-state index is -0.381. The molecule has 0 radical (unpaired) electrons. The SMILES string of the molecule is CCOC1CCCN(C(=O)c2cccc(NC(=O)C3CCCO3)c2)C1. The lowest BCUT2D eigenvalue weighted by Crippen LogP contribution is -2.43. The van der Waals surface area contributed by atoms with Gasteiger partial charge in [0.2, 0.25) is 0 Å². The number of nitrogens with one attached hydrogen (secondary N) is 1. The topological polar surface area (TPSA) is 67.9 Å². The van der Waals surface area contributed by atoms with Gasteiger partial charge in [-0.2, -0.15) is 0 Å². The molecule has 2 amide bonds. The number of carbonyl (C=O) groups excluding carboxylic acids is 2. The summed E-state index contributed by atoms with van der Waals surface area (Å²) in [5, 5.41) is 2.85. The molecule has 6 heteroatoms. The third-order valence-electron chi connectivity index (χ3n) is 4.67. The van der Waals surface area contributed by atoms with Crippen LogP contribution >= 0.6 is 0 Å². The summed E-state index contributed by atoms with van der Waals surface area (Å²) in [7, 11) is 0. The summed E-state index contributed by atoms with van der Waals surface area (Å²) >= 11 is 0. The Morgan fingerprint density at radius 3 is 2.96 bits per heavy atom. The minimum absolute atomic E-state index is 0.0161. The maximum absolute atomic E-state index is 12.8. The van der Waals surface area contributed by atoms with Crippen LogP contribution in [0.15, 0.2) is 24.3 Å². The quantitative estimate of drug-likeness (QED) is 0.889. The Kier molecular flexibility index (Phi) is 6.04. The van der Waals surface area contributed by atoms with Gasteiger partial charge in [0.15, 0.2) is 0 Å². The summed E-state index contributed by atoms with van der Waals surface area (Å²) in [5.74, 6) is -0.158. The highest BCUT2D eigenvalue weighted by Crippen LogP contribution is 2.19. The molecule has 2 saturated heterocycles. The van der Waals surface area contributed by atoms with E-state index in [9.17, 15) is 9.59 Å². The van der Waals surface area contributed by atoms with Crippen LogP contribution < -0.4 is 5.32 Å².